The van der Waals surface area contributed by atoms with E-state index in [1.807, 2.05) is 10.8 Å². The fraction of sp³-hybridized carbons (Fsp3) is 0.412. The molecule has 0 aliphatic carbocycles. The average molecular weight is 332 g/mol. The fourth-order valence-electron chi connectivity index (χ4n) is 3.05. The third kappa shape index (κ3) is 3.20. The summed E-state index contributed by atoms with van der Waals surface area (Å²) in [6.45, 7) is 3.38. The molecule has 3 rings (SSSR count). The lowest BCUT2D eigenvalue weighted by Crippen LogP contribution is -2.45. The number of ether oxygens (including phenoxy) is 1. The van der Waals surface area contributed by atoms with Gasteiger partial charge in [-0.2, -0.15) is 0 Å². The van der Waals surface area contributed by atoms with Crippen LogP contribution in [-0.2, 0) is 0 Å². The Morgan fingerprint density at radius 2 is 2.29 bits per heavy atom. The van der Waals surface area contributed by atoms with E-state index in [-0.39, 0.29) is 23.5 Å². The molecule has 6 nitrogen and oxygen atoms in total. The van der Waals surface area contributed by atoms with Gasteiger partial charge in [0.15, 0.2) is 11.6 Å². The minimum absolute atomic E-state index is 0.108. The number of hydrogen-bond acceptors (Lipinski definition) is 3. The summed E-state index contributed by atoms with van der Waals surface area (Å²) in [5, 5.41) is 2.64. The van der Waals surface area contributed by atoms with Crippen molar-refractivity contribution in [2.75, 3.05) is 25.5 Å². The number of amides is 2. The van der Waals surface area contributed by atoms with Crippen LogP contribution in [0.25, 0.3) is 0 Å². The molecular weight excluding hydrogens is 311 g/mol. The molecule has 1 fully saturated rings. The Morgan fingerprint density at radius 3 is 3.00 bits per heavy atom. The van der Waals surface area contributed by atoms with Crippen molar-refractivity contribution in [2.45, 2.75) is 19.4 Å². The minimum Gasteiger partial charge on any atom is -0.494 e. The van der Waals surface area contributed by atoms with E-state index in [2.05, 4.69) is 17.2 Å². The monoisotopic (exact) mass is 332 g/mol. The first kappa shape index (κ1) is 16.3. The first-order valence-electron chi connectivity index (χ1n) is 7.96. The molecule has 1 aliphatic rings. The number of likely N-dealkylation sites (tertiary alicyclic amines) is 1. The number of urea groups is 1. The highest BCUT2D eigenvalue weighted by Gasteiger charge is 2.30. The summed E-state index contributed by atoms with van der Waals surface area (Å²) in [7, 11) is 1.39. The normalized spacial score (nSPS) is 20.7. The molecule has 1 N–H and O–H groups in total. The third-order valence-electron chi connectivity index (χ3n) is 4.54. The van der Waals surface area contributed by atoms with Crippen LogP contribution in [0.4, 0.5) is 14.9 Å². The van der Waals surface area contributed by atoms with Crippen molar-refractivity contribution in [3.8, 4) is 5.75 Å². The highest BCUT2D eigenvalue weighted by Crippen LogP contribution is 2.29. The second kappa shape index (κ2) is 6.90. The van der Waals surface area contributed by atoms with Gasteiger partial charge in [-0.3, -0.25) is 0 Å². The molecule has 0 radical (unpaired) electrons. The van der Waals surface area contributed by atoms with Crippen LogP contribution in [0.1, 0.15) is 19.4 Å². The van der Waals surface area contributed by atoms with Crippen LogP contribution in [0.5, 0.6) is 5.75 Å². The minimum atomic E-state index is -0.565. The number of piperidine rings is 1. The van der Waals surface area contributed by atoms with Gasteiger partial charge < -0.3 is 19.5 Å². The predicted molar refractivity (Wildman–Crippen MR) is 88.6 cm³/mol. The number of aromatic nitrogens is 2. The van der Waals surface area contributed by atoms with Crippen molar-refractivity contribution >= 4 is 11.7 Å². The van der Waals surface area contributed by atoms with Crippen molar-refractivity contribution < 1.29 is 13.9 Å². The van der Waals surface area contributed by atoms with Gasteiger partial charge in [-0.15, -0.1) is 0 Å². The van der Waals surface area contributed by atoms with E-state index in [0.717, 1.165) is 6.42 Å². The van der Waals surface area contributed by atoms with Crippen LogP contribution in [0.15, 0.2) is 36.9 Å². The second-order valence-electron chi connectivity index (χ2n) is 6.04. The Hall–Kier alpha value is -2.57. The number of nitrogens with one attached hydrogen (secondary N) is 1. The molecule has 0 saturated carbocycles. The molecule has 0 spiro atoms. The molecule has 0 bridgehead atoms. The first-order chi connectivity index (χ1) is 11.6. The Balaban J connectivity index is 1.71. The number of halogens is 1. The van der Waals surface area contributed by atoms with E-state index in [9.17, 15) is 9.18 Å². The summed E-state index contributed by atoms with van der Waals surface area (Å²) in [6.07, 6.45) is 6.29. The summed E-state index contributed by atoms with van der Waals surface area (Å²) in [5.41, 5.74) is 0.122. The molecule has 1 saturated heterocycles. The van der Waals surface area contributed by atoms with Crippen molar-refractivity contribution in [3.05, 3.63) is 42.7 Å². The maximum atomic E-state index is 14.2. The van der Waals surface area contributed by atoms with E-state index in [0.29, 0.717) is 19.0 Å². The molecule has 1 aromatic carbocycles. The highest BCUT2D eigenvalue weighted by atomic mass is 19.1. The van der Waals surface area contributed by atoms with Gasteiger partial charge in [0.2, 0.25) is 0 Å². The zero-order valence-electron chi connectivity index (χ0n) is 13.8. The van der Waals surface area contributed by atoms with E-state index in [1.165, 1.54) is 19.2 Å². The Labute approximate surface area is 140 Å². The summed E-state index contributed by atoms with van der Waals surface area (Å²) < 4.78 is 21.2. The van der Waals surface area contributed by atoms with Crippen LogP contribution in [0, 0.1) is 11.7 Å². The number of carbonyl (C=O) groups is 1. The lowest BCUT2D eigenvalue weighted by molar-refractivity contribution is 0.149. The van der Waals surface area contributed by atoms with Crippen LogP contribution in [0.3, 0.4) is 0 Å². The molecule has 128 valence electrons. The van der Waals surface area contributed by atoms with Crippen LogP contribution < -0.4 is 10.1 Å². The number of benzene rings is 1. The summed E-state index contributed by atoms with van der Waals surface area (Å²) in [5.74, 6) is -0.0157. The smallest absolute Gasteiger partial charge is 0.321 e. The van der Waals surface area contributed by atoms with Gasteiger partial charge in [0.25, 0.3) is 0 Å². The molecule has 2 atom stereocenters. The molecular formula is C17H21FN4O2. The maximum absolute atomic E-state index is 14.2. The molecule has 2 unspecified atom stereocenters. The number of methoxy groups -OCH3 is 1. The number of nitrogens with zero attached hydrogens (tertiary/aromatic N) is 3. The van der Waals surface area contributed by atoms with Gasteiger partial charge in [0.1, 0.15) is 0 Å². The fourth-order valence-corrected chi connectivity index (χ4v) is 3.05. The van der Waals surface area contributed by atoms with Gasteiger partial charge in [0, 0.05) is 25.5 Å². The van der Waals surface area contributed by atoms with Crippen LogP contribution in [-0.4, -0.2) is 40.7 Å². The SMILES string of the molecule is COc1cccc(NC(=O)N2CCC(C)C(n3ccnc3)C2)c1F. The summed E-state index contributed by atoms with van der Waals surface area (Å²) in [4.78, 5) is 18.3. The highest BCUT2D eigenvalue weighted by molar-refractivity contribution is 5.89. The largest absolute Gasteiger partial charge is 0.494 e. The van der Waals surface area contributed by atoms with E-state index < -0.39 is 5.82 Å². The van der Waals surface area contributed by atoms with Crippen molar-refractivity contribution in [1.29, 1.82) is 0 Å². The zero-order chi connectivity index (χ0) is 17.1. The molecule has 7 heteroatoms. The molecule has 1 aliphatic heterocycles. The quantitative estimate of drug-likeness (QED) is 0.939. The maximum Gasteiger partial charge on any atom is 0.321 e. The summed E-state index contributed by atoms with van der Waals surface area (Å²) in [6, 6.07) is 4.55. The summed E-state index contributed by atoms with van der Waals surface area (Å²) >= 11 is 0. The van der Waals surface area contributed by atoms with Crippen molar-refractivity contribution in [3.63, 3.8) is 0 Å². The lowest BCUT2D eigenvalue weighted by atomic mass is 9.93. The Morgan fingerprint density at radius 1 is 1.46 bits per heavy atom. The predicted octanol–water partition coefficient (Wildman–Crippen LogP) is 3.15. The van der Waals surface area contributed by atoms with Gasteiger partial charge in [0.05, 0.1) is 25.2 Å². The number of anilines is 1. The second-order valence-corrected chi connectivity index (χ2v) is 6.04. The van der Waals surface area contributed by atoms with E-state index in [4.69, 9.17) is 4.74 Å². The van der Waals surface area contributed by atoms with E-state index in [1.54, 1.807) is 23.5 Å². The topological polar surface area (TPSA) is 59.4 Å². The average Bonchev–Trinajstić information content (AvgIpc) is 3.11. The zero-order valence-corrected chi connectivity index (χ0v) is 13.8. The number of imidazole rings is 1. The molecule has 2 amide bonds. The van der Waals surface area contributed by atoms with Crippen LogP contribution >= 0.6 is 0 Å². The Kier molecular flexibility index (Phi) is 4.69. The number of hydrogen-bond donors (Lipinski definition) is 1. The van der Waals surface area contributed by atoms with Gasteiger partial charge in [-0.1, -0.05) is 13.0 Å². The van der Waals surface area contributed by atoms with Crippen molar-refractivity contribution in [2.24, 2.45) is 5.92 Å². The Bertz CT molecular complexity index is 705. The van der Waals surface area contributed by atoms with Crippen molar-refractivity contribution in [1.82, 2.24) is 14.5 Å². The van der Waals surface area contributed by atoms with Gasteiger partial charge >= 0.3 is 6.03 Å². The number of rotatable bonds is 3. The molecule has 2 heterocycles. The lowest BCUT2D eigenvalue weighted by Gasteiger charge is -2.37. The van der Waals surface area contributed by atoms with Gasteiger partial charge in [-0.05, 0) is 24.5 Å². The first-order valence-corrected chi connectivity index (χ1v) is 7.96. The molecule has 24 heavy (non-hydrogen) atoms. The van der Waals surface area contributed by atoms with E-state index >= 15 is 0 Å². The third-order valence-corrected chi connectivity index (χ3v) is 4.54. The molecule has 2 aromatic rings. The standard InChI is InChI=1S/C17H21FN4O2/c1-12-6-8-21(10-14(12)22-9-7-19-11-22)17(23)20-13-4-3-5-15(24-2)16(13)18/h3-5,7,9,11-12,14H,6,8,10H2,1-2H3,(H,20,23). The van der Waals surface area contributed by atoms with Gasteiger partial charge in [-0.25, -0.2) is 14.2 Å². The number of carbonyl (C=O) groups excluding carboxylic acids is 1. The molecule has 1 aromatic heterocycles. The van der Waals surface area contributed by atoms with Crippen LogP contribution in [0.2, 0.25) is 0 Å².